The van der Waals surface area contributed by atoms with Gasteiger partial charge in [0.1, 0.15) is 0 Å². The highest BCUT2D eigenvalue weighted by molar-refractivity contribution is 6.35. The molecule has 1 saturated carbocycles. The van der Waals surface area contributed by atoms with Gasteiger partial charge in [0.05, 0.1) is 16.8 Å². The third kappa shape index (κ3) is 3.02. The lowest BCUT2D eigenvalue weighted by Crippen LogP contribution is -2.14. The summed E-state index contributed by atoms with van der Waals surface area (Å²) in [6.07, 6.45) is 8.65. The van der Waals surface area contributed by atoms with Crippen LogP contribution in [-0.2, 0) is 0 Å². The minimum Gasteiger partial charge on any atom is -0.398 e. The molecule has 2 aromatic rings. The lowest BCUT2D eigenvalue weighted by molar-refractivity contribution is 0.345. The Morgan fingerprint density at radius 3 is 2.57 bits per heavy atom. The van der Waals surface area contributed by atoms with Crippen molar-refractivity contribution in [1.29, 1.82) is 0 Å². The Morgan fingerprint density at radius 2 is 1.81 bits per heavy atom. The summed E-state index contributed by atoms with van der Waals surface area (Å²) in [5.41, 5.74) is 7.26. The van der Waals surface area contributed by atoms with Crippen molar-refractivity contribution in [2.45, 2.75) is 51.0 Å². The van der Waals surface area contributed by atoms with Crippen LogP contribution in [-0.4, -0.2) is 20.2 Å². The molecule has 0 spiro atoms. The van der Waals surface area contributed by atoms with Crippen LogP contribution in [0.1, 0.15) is 51.0 Å². The van der Waals surface area contributed by atoms with Gasteiger partial charge in [0.25, 0.3) is 0 Å². The zero-order valence-corrected chi connectivity index (χ0v) is 12.8. The first-order chi connectivity index (χ1) is 10.3. The summed E-state index contributed by atoms with van der Waals surface area (Å²) in [6.45, 7) is 0. The van der Waals surface area contributed by atoms with E-state index in [0.29, 0.717) is 16.8 Å². The van der Waals surface area contributed by atoms with Crippen LogP contribution in [0.3, 0.4) is 0 Å². The Kier molecular flexibility index (Phi) is 4.39. The van der Waals surface area contributed by atoms with Crippen LogP contribution in [0.5, 0.6) is 0 Å². The monoisotopic (exact) mass is 305 g/mol. The molecule has 3 rings (SSSR count). The fourth-order valence-electron chi connectivity index (χ4n) is 3.02. The molecule has 1 aliphatic carbocycles. The predicted molar refractivity (Wildman–Crippen MR) is 84.0 cm³/mol. The molecule has 1 heterocycles. The second-order valence-corrected chi connectivity index (χ2v) is 6.03. The predicted octanol–water partition coefficient (Wildman–Crippen LogP) is 3.86. The van der Waals surface area contributed by atoms with Crippen molar-refractivity contribution in [2.24, 2.45) is 0 Å². The van der Waals surface area contributed by atoms with Crippen LogP contribution in [0.25, 0.3) is 11.4 Å². The topological polar surface area (TPSA) is 69.6 Å². The average molecular weight is 306 g/mol. The Bertz CT molecular complexity index is 602. The molecule has 0 radical (unpaired) electrons. The number of nitrogen functional groups attached to an aromatic ring is 1. The molecular formula is C15H20ClN5. The quantitative estimate of drug-likeness (QED) is 0.855. The SMILES string of the molecule is Nc1cccc(-c2nnnn2C2CCCCCCC2)c1Cl. The molecule has 1 aromatic heterocycles. The lowest BCUT2D eigenvalue weighted by Gasteiger charge is -2.21. The molecular weight excluding hydrogens is 286 g/mol. The highest BCUT2D eigenvalue weighted by atomic mass is 35.5. The van der Waals surface area contributed by atoms with Crippen LogP contribution in [0.15, 0.2) is 18.2 Å². The standard InChI is InChI=1S/C15H20ClN5/c16-14-12(9-6-10-13(14)17)15-18-19-20-21(15)11-7-4-2-1-3-5-8-11/h6,9-11H,1-5,7-8,17H2. The molecule has 112 valence electrons. The number of aromatic nitrogens is 4. The van der Waals surface area contributed by atoms with Crippen LogP contribution in [0, 0.1) is 0 Å². The molecule has 6 heteroatoms. The number of anilines is 1. The second kappa shape index (κ2) is 6.43. The third-order valence-corrected chi connectivity index (χ3v) is 4.60. The number of hydrogen-bond donors (Lipinski definition) is 1. The zero-order chi connectivity index (χ0) is 14.7. The molecule has 1 aliphatic rings. The molecule has 0 bridgehead atoms. The maximum atomic E-state index is 6.32. The van der Waals surface area contributed by atoms with Crippen LogP contribution in [0.2, 0.25) is 5.02 Å². The van der Waals surface area contributed by atoms with Crippen molar-refractivity contribution in [2.75, 3.05) is 5.73 Å². The molecule has 0 atom stereocenters. The fraction of sp³-hybridized carbons (Fsp3) is 0.533. The maximum absolute atomic E-state index is 6.32. The van der Waals surface area contributed by atoms with Crippen LogP contribution < -0.4 is 5.73 Å². The Labute approximate surface area is 129 Å². The summed E-state index contributed by atoms with van der Waals surface area (Å²) in [5, 5.41) is 12.8. The minimum absolute atomic E-state index is 0.354. The summed E-state index contributed by atoms with van der Waals surface area (Å²) in [7, 11) is 0. The van der Waals surface area contributed by atoms with Gasteiger partial charge in [-0.3, -0.25) is 0 Å². The highest BCUT2D eigenvalue weighted by Gasteiger charge is 2.21. The molecule has 0 unspecified atom stereocenters. The van der Waals surface area contributed by atoms with E-state index in [4.69, 9.17) is 17.3 Å². The molecule has 5 nitrogen and oxygen atoms in total. The number of nitrogens with zero attached hydrogens (tertiary/aromatic N) is 4. The van der Waals surface area contributed by atoms with Gasteiger partial charge in [0.15, 0.2) is 5.82 Å². The number of hydrogen-bond acceptors (Lipinski definition) is 4. The van der Waals surface area contributed by atoms with Crippen molar-refractivity contribution in [3.63, 3.8) is 0 Å². The summed E-state index contributed by atoms with van der Waals surface area (Å²) >= 11 is 6.32. The van der Waals surface area contributed by atoms with Crippen molar-refractivity contribution in [1.82, 2.24) is 20.2 Å². The van der Waals surface area contributed by atoms with Crippen molar-refractivity contribution in [3.8, 4) is 11.4 Å². The molecule has 2 N–H and O–H groups in total. The van der Waals surface area contributed by atoms with Gasteiger partial charge in [-0.2, -0.15) is 0 Å². The first kappa shape index (κ1) is 14.3. The lowest BCUT2D eigenvalue weighted by atomic mass is 9.96. The van der Waals surface area contributed by atoms with Crippen molar-refractivity contribution in [3.05, 3.63) is 23.2 Å². The van der Waals surface area contributed by atoms with E-state index in [1.807, 2.05) is 16.8 Å². The summed E-state index contributed by atoms with van der Waals surface area (Å²) in [6, 6.07) is 5.95. The first-order valence-electron chi connectivity index (χ1n) is 7.59. The molecule has 1 aromatic carbocycles. The van der Waals surface area contributed by atoms with E-state index in [1.54, 1.807) is 6.07 Å². The molecule has 0 aliphatic heterocycles. The number of benzene rings is 1. The largest absolute Gasteiger partial charge is 0.398 e. The molecule has 0 saturated heterocycles. The number of rotatable bonds is 2. The van der Waals surface area contributed by atoms with Gasteiger partial charge in [-0.1, -0.05) is 49.8 Å². The van der Waals surface area contributed by atoms with Gasteiger partial charge in [-0.05, 0) is 35.4 Å². The van der Waals surface area contributed by atoms with E-state index in [2.05, 4.69) is 15.5 Å². The van der Waals surface area contributed by atoms with Gasteiger partial charge in [0, 0.05) is 5.56 Å². The van der Waals surface area contributed by atoms with E-state index >= 15 is 0 Å². The van der Waals surface area contributed by atoms with Gasteiger partial charge in [0.2, 0.25) is 0 Å². The van der Waals surface area contributed by atoms with E-state index in [1.165, 1.54) is 32.1 Å². The molecule has 0 amide bonds. The molecule has 21 heavy (non-hydrogen) atoms. The first-order valence-corrected chi connectivity index (χ1v) is 7.97. The minimum atomic E-state index is 0.354. The smallest absolute Gasteiger partial charge is 0.183 e. The summed E-state index contributed by atoms with van der Waals surface area (Å²) in [4.78, 5) is 0. The van der Waals surface area contributed by atoms with E-state index < -0.39 is 0 Å². The summed E-state index contributed by atoms with van der Waals surface area (Å²) in [5.74, 6) is 0.720. The number of nitrogens with two attached hydrogens (primary N) is 1. The van der Waals surface area contributed by atoms with Crippen molar-refractivity contribution < 1.29 is 0 Å². The number of tetrazole rings is 1. The van der Waals surface area contributed by atoms with E-state index in [-0.39, 0.29) is 0 Å². The van der Waals surface area contributed by atoms with E-state index in [9.17, 15) is 0 Å². The maximum Gasteiger partial charge on any atom is 0.183 e. The summed E-state index contributed by atoms with van der Waals surface area (Å²) < 4.78 is 1.94. The zero-order valence-electron chi connectivity index (χ0n) is 12.0. The van der Waals surface area contributed by atoms with Gasteiger partial charge in [-0.25, -0.2) is 4.68 Å². The fourth-order valence-corrected chi connectivity index (χ4v) is 3.23. The Balaban J connectivity index is 1.94. The van der Waals surface area contributed by atoms with Crippen LogP contribution in [0.4, 0.5) is 5.69 Å². The average Bonchev–Trinajstić information content (AvgIpc) is 2.90. The van der Waals surface area contributed by atoms with E-state index in [0.717, 1.165) is 24.2 Å². The van der Waals surface area contributed by atoms with Gasteiger partial charge in [-0.15, -0.1) is 5.10 Å². The third-order valence-electron chi connectivity index (χ3n) is 4.18. The van der Waals surface area contributed by atoms with Gasteiger partial charge < -0.3 is 5.73 Å². The number of halogens is 1. The molecule has 1 fully saturated rings. The van der Waals surface area contributed by atoms with Gasteiger partial charge >= 0.3 is 0 Å². The van der Waals surface area contributed by atoms with Crippen molar-refractivity contribution >= 4 is 17.3 Å². The normalized spacial score (nSPS) is 17.4. The second-order valence-electron chi connectivity index (χ2n) is 5.65. The van der Waals surface area contributed by atoms with Crippen LogP contribution >= 0.6 is 11.6 Å². The highest BCUT2D eigenvalue weighted by Crippen LogP contribution is 2.34. The Morgan fingerprint density at radius 1 is 1.10 bits per heavy atom. The Hall–Kier alpha value is -1.62.